The van der Waals surface area contributed by atoms with Crippen molar-refractivity contribution in [3.63, 3.8) is 0 Å². The smallest absolute Gasteiger partial charge is 0.135 e. The van der Waals surface area contributed by atoms with E-state index in [1.807, 2.05) is 36.4 Å². The minimum Gasteiger partial charge on any atom is -0.456 e. The summed E-state index contributed by atoms with van der Waals surface area (Å²) in [6.45, 7) is 20.3. The fourth-order valence-corrected chi connectivity index (χ4v) is 10.3. The van der Waals surface area contributed by atoms with Gasteiger partial charge in [-0.25, -0.2) is 0 Å². The lowest BCUT2D eigenvalue weighted by Crippen LogP contribution is -2.18. The summed E-state index contributed by atoms with van der Waals surface area (Å²) in [5.41, 5.74) is 15.5. The highest BCUT2D eigenvalue weighted by Gasteiger charge is 2.29. The van der Waals surface area contributed by atoms with Crippen molar-refractivity contribution >= 4 is 89.1 Å². The molecule has 0 unspecified atom stereocenters. The third kappa shape index (κ3) is 7.91. The second-order valence-electron chi connectivity index (χ2n) is 19.5. The average molecular weight is 890 g/mol. The van der Waals surface area contributed by atoms with Gasteiger partial charge < -0.3 is 18.6 Å². The van der Waals surface area contributed by atoms with Crippen molar-refractivity contribution in [1.29, 1.82) is 0 Å². The maximum absolute atomic E-state index is 8.10. The maximum atomic E-state index is 8.10. The van der Waals surface area contributed by atoms with Crippen LogP contribution in [0.4, 0.5) is 34.1 Å². The monoisotopic (exact) mass is 888 g/mol. The van der Waals surface area contributed by atoms with Gasteiger partial charge in [0.05, 0.1) is 27.8 Å². The van der Waals surface area contributed by atoms with E-state index < -0.39 is 0 Å². The summed E-state index contributed by atoms with van der Waals surface area (Å²) in [5.74, 6) is 1.60. The van der Waals surface area contributed by atoms with E-state index in [4.69, 9.17) is 20.4 Å². The topological polar surface area (TPSA) is 32.8 Å². The molecule has 0 aliphatic heterocycles. The Kier molecular flexibility index (Phi) is 10.6. The lowest BCUT2D eigenvalue weighted by atomic mass is 9.84. The Labute approximate surface area is 391 Å². The highest BCUT2D eigenvalue weighted by Crippen LogP contribution is 2.52. The summed E-state index contributed by atoms with van der Waals surface area (Å²) in [5, 5.41) is 6.26. The molecule has 324 valence electrons. The summed E-state index contributed by atoms with van der Waals surface area (Å²) < 4.78 is 14.1. The molecule has 3 heterocycles. The van der Waals surface area contributed by atoms with Crippen LogP contribution in [0.1, 0.15) is 69.4 Å². The summed E-state index contributed by atoms with van der Waals surface area (Å²) in [6.07, 6.45) is 0. The van der Waals surface area contributed by atoms with E-state index in [2.05, 4.69) is 193 Å². The second kappa shape index (κ2) is 16.2. The van der Waals surface area contributed by atoms with Crippen molar-refractivity contribution in [2.24, 2.45) is 0 Å². The van der Waals surface area contributed by atoms with Gasteiger partial charge in [-0.3, -0.25) is 0 Å². The lowest BCUT2D eigenvalue weighted by Gasteiger charge is -2.34. The predicted octanol–water partition coefficient (Wildman–Crippen LogP) is 18.8. The van der Waals surface area contributed by atoms with Gasteiger partial charge >= 0.3 is 0 Å². The van der Waals surface area contributed by atoms with E-state index in [0.717, 1.165) is 84.3 Å². The molecule has 0 N–H and O–H groups in total. The SMILES string of the molecule is Cc1cc(N(c2cccc(-c3cc4ccccc4o3)c2)c2cccc(-c3cc4ccccc4o3)c2)c(Cl)c(N(c2c(C)cc(C(C)(C)C)cc2C)c2csc3ccc(C(C)(C)C)cc23)c1. The Bertz CT molecular complexity index is 3220. The quantitative estimate of drug-likeness (QED) is 0.152. The summed E-state index contributed by atoms with van der Waals surface area (Å²) >= 11 is 9.88. The summed E-state index contributed by atoms with van der Waals surface area (Å²) in [7, 11) is 0. The number of anilines is 6. The van der Waals surface area contributed by atoms with Gasteiger partial charge in [-0.05, 0) is 132 Å². The number of para-hydroxylation sites is 2. The Balaban J connectivity index is 1.22. The number of furan rings is 2. The Morgan fingerprint density at radius 3 is 1.54 bits per heavy atom. The van der Waals surface area contributed by atoms with Crippen molar-refractivity contribution < 1.29 is 8.83 Å². The minimum absolute atomic E-state index is 0.0158. The van der Waals surface area contributed by atoms with Crippen LogP contribution >= 0.6 is 22.9 Å². The Morgan fingerprint density at radius 1 is 0.492 bits per heavy atom. The molecule has 0 amide bonds. The van der Waals surface area contributed by atoms with Crippen LogP contribution in [0, 0.1) is 20.8 Å². The second-order valence-corrected chi connectivity index (χ2v) is 20.8. The fraction of sp³-hybridized carbons (Fsp3) is 0.186. The van der Waals surface area contributed by atoms with E-state index in [0.29, 0.717) is 5.02 Å². The zero-order valence-electron chi connectivity index (χ0n) is 38.5. The van der Waals surface area contributed by atoms with E-state index in [1.54, 1.807) is 11.3 Å². The molecule has 10 rings (SSSR count). The molecule has 0 saturated heterocycles. The molecule has 0 fully saturated rings. The Morgan fingerprint density at radius 2 is 1.02 bits per heavy atom. The number of halogens is 1. The average Bonchev–Trinajstić information content (AvgIpc) is 4.03. The highest BCUT2D eigenvalue weighted by atomic mass is 35.5. The van der Waals surface area contributed by atoms with Crippen molar-refractivity contribution in [1.82, 2.24) is 0 Å². The van der Waals surface area contributed by atoms with Crippen LogP contribution < -0.4 is 9.80 Å². The van der Waals surface area contributed by atoms with E-state index in [9.17, 15) is 0 Å². The molecule has 0 saturated carbocycles. The third-order valence-corrected chi connectivity index (χ3v) is 13.9. The molecule has 0 aliphatic rings. The van der Waals surface area contributed by atoms with Crippen LogP contribution in [0.5, 0.6) is 0 Å². The van der Waals surface area contributed by atoms with Crippen LogP contribution in [-0.4, -0.2) is 0 Å². The predicted molar refractivity (Wildman–Crippen MR) is 278 cm³/mol. The normalized spacial score (nSPS) is 12.2. The third-order valence-electron chi connectivity index (χ3n) is 12.5. The molecule has 10 aromatic rings. The zero-order valence-corrected chi connectivity index (χ0v) is 40.1. The molecule has 0 spiro atoms. The van der Waals surface area contributed by atoms with E-state index >= 15 is 0 Å². The molecule has 6 heteroatoms. The largest absolute Gasteiger partial charge is 0.456 e. The van der Waals surface area contributed by atoms with E-state index in [-0.39, 0.29) is 10.8 Å². The molecular formula is C59H53ClN2O2S. The van der Waals surface area contributed by atoms with Gasteiger partial charge in [0, 0.05) is 48.7 Å². The van der Waals surface area contributed by atoms with Crippen molar-refractivity contribution in [2.45, 2.75) is 73.1 Å². The van der Waals surface area contributed by atoms with Gasteiger partial charge in [0.2, 0.25) is 0 Å². The van der Waals surface area contributed by atoms with E-state index in [1.165, 1.54) is 32.3 Å². The molecule has 0 bridgehead atoms. The first-order chi connectivity index (χ1) is 31.1. The van der Waals surface area contributed by atoms with Gasteiger partial charge in [-0.2, -0.15) is 0 Å². The highest BCUT2D eigenvalue weighted by molar-refractivity contribution is 7.17. The van der Waals surface area contributed by atoms with Crippen LogP contribution in [-0.2, 0) is 10.8 Å². The van der Waals surface area contributed by atoms with Crippen molar-refractivity contribution in [3.05, 3.63) is 190 Å². The first-order valence-corrected chi connectivity index (χ1v) is 23.6. The summed E-state index contributed by atoms with van der Waals surface area (Å²) in [4.78, 5) is 4.70. The number of hydrogen-bond acceptors (Lipinski definition) is 5. The van der Waals surface area contributed by atoms with Gasteiger partial charge in [0.25, 0.3) is 0 Å². The van der Waals surface area contributed by atoms with Crippen LogP contribution in [0.15, 0.2) is 166 Å². The minimum atomic E-state index is -0.0269. The number of thiophene rings is 1. The van der Waals surface area contributed by atoms with Gasteiger partial charge in [-0.1, -0.05) is 132 Å². The van der Waals surface area contributed by atoms with Gasteiger partial charge in [0.15, 0.2) is 0 Å². The molecule has 65 heavy (non-hydrogen) atoms. The number of rotatable bonds is 8. The molecule has 3 aromatic heterocycles. The lowest BCUT2D eigenvalue weighted by molar-refractivity contribution is 0.589. The molecule has 0 radical (unpaired) electrons. The number of nitrogens with zero attached hydrogens (tertiary/aromatic N) is 2. The van der Waals surface area contributed by atoms with Crippen LogP contribution in [0.2, 0.25) is 5.02 Å². The van der Waals surface area contributed by atoms with Crippen LogP contribution in [0.3, 0.4) is 0 Å². The first kappa shape index (κ1) is 42.4. The molecular weight excluding hydrogens is 836 g/mol. The van der Waals surface area contributed by atoms with Gasteiger partial charge in [0.1, 0.15) is 22.7 Å². The van der Waals surface area contributed by atoms with Crippen molar-refractivity contribution in [3.8, 4) is 22.6 Å². The first-order valence-electron chi connectivity index (χ1n) is 22.3. The number of benzene rings is 7. The molecule has 0 atom stereocenters. The molecule has 4 nitrogen and oxygen atoms in total. The zero-order chi connectivity index (χ0) is 45.4. The number of hydrogen-bond donors (Lipinski definition) is 0. The number of fused-ring (bicyclic) bond motifs is 3. The maximum Gasteiger partial charge on any atom is 0.135 e. The fourth-order valence-electron chi connectivity index (χ4n) is 9.10. The Hall–Kier alpha value is -6.53. The molecule has 7 aromatic carbocycles. The van der Waals surface area contributed by atoms with Gasteiger partial charge in [-0.15, -0.1) is 11.3 Å². The van der Waals surface area contributed by atoms with Crippen LogP contribution in [0.25, 0.3) is 54.7 Å². The van der Waals surface area contributed by atoms with Crippen molar-refractivity contribution in [2.75, 3.05) is 9.80 Å². The standard InChI is InChI=1S/C59H53ClN2O2S/c1-36-26-48(56(60)49(27-36)62(57-37(2)28-44(29-38(57)3)59(7,8)9)50-35-65-55-25-24-43(34-47(50)55)58(4,5)6)61(45-20-14-18-39(30-45)53-32-41-16-10-12-22-51(41)63-53)46-21-15-19-40(31-46)54-33-42-17-11-13-23-52(42)64-54/h10-35H,1-9H3. The number of aryl methyl sites for hydroxylation is 3. The summed E-state index contributed by atoms with van der Waals surface area (Å²) in [6, 6.07) is 53.7. The molecule has 0 aliphatic carbocycles.